The fourth-order valence-corrected chi connectivity index (χ4v) is 2.68. The Morgan fingerprint density at radius 1 is 1.50 bits per heavy atom. The molecule has 1 N–H and O–H groups in total. The Hall–Kier alpha value is -0.780. The van der Waals surface area contributed by atoms with Crippen molar-refractivity contribution in [2.24, 2.45) is 0 Å². The average Bonchev–Trinajstić information content (AvgIpc) is 2.78. The van der Waals surface area contributed by atoms with Crippen LogP contribution in [0.3, 0.4) is 0 Å². The molecule has 0 fully saturated rings. The maximum atomic E-state index is 13.7. The van der Waals surface area contributed by atoms with Gasteiger partial charge in [-0.15, -0.1) is 11.3 Å². The molecule has 0 aliphatic heterocycles. The summed E-state index contributed by atoms with van der Waals surface area (Å²) >= 11 is 4.86. The summed E-state index contributed by atoms with van der Waals surface area (Å²) in [6.07, 6.45) is 1.76. The van der Waals surface area contributed by atoms with E-state index in [2.05, 4.69) is 26.2 Å². The molecule has 1 aromatic heterocycles. The number of hydrogen-bond acceptors (Lipinski definition) is 3. The van der Waals surface area contributed by atoms with E-state index in [0.29, 0.717) is 5.56 Å². The van der Waals surface area contributed by atoms with Crippen LogP contribution < -0.4 is 5.32 Å². The van der Waals surface area contributed by atoms with E-state index in [1.54, 1.807) is 23.8 Å². The molecular formula is C11H10BrFN2S. The van der Waals surface area contributed by atoms with Gasteiger partial charge in [-0.1, -0.05) is 15.9 Å². The van der Waals surface area contributed by atoms with Crippen molar-refractivity contribution in [2.45, 2.75) is 6.04 Å². The summed E-state index contributed by atoms with van der Waals surface area (Å²) in [6, 6.07) is 4.80. The van der Waals surface area contributed by atoms with E-state index < -0.39 is 0 Å². The molecule has 2 aromatic rings. The van der Waals surface area contributed by atoms with E-state index in [1.807, 2.05) is 7.05 Å². The molecule has 0 amide bonds. The third kappa shape index (κ3) is 2.31. The van der Waals surface area contributed by atoms with E-state index in [1.165, 1.54) is 17.4 Å². The van der Waals surface area contributed by atoms with Gasteiger partial charge in [0.15, 0.2) is 0 Å². The highest BCUT2D eigenvalue weighted by atomic mass is 79.9. The zero-order valence-electron chi connectivity index (χ0n) is 8.58. The zero-order chi connectivity index (χ0) is 11.5. The second-order valence-electron chi connectivity index (χ2n) is 3.29. The first-order chi connectivity index (χ1) is 7.72. The average molecular weight is 301 g/mol. The van der Waals surface area contributed by atoms with Crippen LogP contribution in [0.2, 0.25) is 0 Å². The van der Waals surface area contributed by atoms with Crippen molar-refractivity contribution < 1.29 is 4.39 Å². The van der Waals surface area contributed by atoms with Crippen LogP contribution in [0.5, 0.6) is 0 Å². The van der Waals surface area contributed by atoms with Crippen LogP contribution in [-0.2, 0) is 0 Å². The third-order valence-electron chi connectivity index (χ3n) is 2.29. The maximum Gasteiger partial charge on any atom is 0.128 e. The highest BCUT2D eigenvalue weighted by molar-refractivity contribution is 9.10. The SMILES string of the molecule is CNC(c1cncs1)c1cc(Br)ccc1F. The number of aromatic nitrogens is 1. The summed E-state index contributed by atoms with van der Waals surface area (Å²) < 4.78 is 14.6. The molecule has 0 bridgehead atoms. The zero-order valence-corrected chi connectivity index (χ0v) is 11.0. The van der Waals surface area contributed by atoms with Gasteiger partial charge in [0.25, 0.3) is 0 Å². The first-order valence-electron chi connectivity index (χ1n) is 4.73. The molecule has 2 rings (SSSR count). The fraction of sp³-hybridized carbons (Fsp3) is 0.182. The molecule has 5 heteroatoms. The first-order valence-corrected chi connectivity index (χ1v) is 6.40. The number of benzene rings is 1. The first kappa shape index (κ1) is 11.7. The van der Waals surface area contributed by atoms with Gasteiger partial charge in [0.2, 0.25) is 0 Å². The Labute approximate surface area is 106 Å². The van der Waals surface area contributed by atoms with Crippen molar-refractivity contribution in [1.82, 2.24) is 10.3 Å². The molecule has 1 atom stereocenters. The molecule has 2 nitrogen and oxygen atoms in total. The lowest BCUT2D eigenvalue weighted by molar-refractivity contribution is 0.578. The van der Waals surface area contributed by atoms with Crippen LogP contribution in [0, 0.1) is 5.82 Å². The van der Waals surface area contributed by atoms with Gasteiger partial charge in [-0.25, -0.2) is 4.39 Å². The lowest BCUT2D eigenvalue weighted by Gasteiger charge is -2.15. The topological polar surface area (TPSA) is 24.9 Å². The molecule has 16 heavy (non-hydrogen) atoms. The Bertz CT molecular complexity index is 473. The second-order valence-corrected chi connectivity index (χ2v) is 5.12. The Kier molecular flexibility index (Phi) is 3.68. The number of nitrogens with one attached hydrogen (secondary N) is 1. The predicted molar refractivity (Wildman–Crippen MR) is 67.1 cm³/mol. The fourth-order valence-electron chi connectivity index (χ4n) is 1.56. The van der Waals surface area contributed by atoms with Gasteiger partial charge in [0, 0.05) is 21.1 Å². The van der Waals surface area contributed by atoms with Crippen LogP contribution in [0.25, 0.3) is 0 Å². The summed E-state index contributed by atoms with van der Waals surface area (Å²) in [4.78, 5) is 5.01. The van der Waals surface area contributed by atoms with Gasteiger partial charge in [-0.2, -0.15) is 0 Å². The lowest BCUT2D eigenvalue weighted by atomic mass is 10.1. The third-order valence-corrected chi connectivity index (χ3v) is 3.63. The molecule has 0 radical (unpaired) electrons. The number of rotatable bonds is 3. The van der Waals surface area contributed by atoms with E-state index in [-0.39, 0.29) is 11.9 Å². The smallest absolute Gasteiger partial charge is 0.128 e. The van der Waals surface area contributed by atoms with Crippen LogP contribution >= 0.6 is 27.3 Å². The number of thiazole rings is 1. The molecule has 1 heterocycles. The van der Waals surface area contributed by atoms with Crippen LogP contribution in [0.15, 0.2) is 34.4 Å². The summed E-state index contributed by atoms with van der Waals surface area (Å²) in [7, 11) is 1.81. The van der Waals surface area contributed by atoms with Gasteiger partial charge < -0.3 is 5.32 Å². The minimum absolute atomic E-state index is 0.148. The molecule has 84 valence electrons. The molecule has 0 saturated carbocycles. The monoisotopic (exact) mass is 300 g/mol. The Morgan fingerprint density at radius 2 is 2.31 bits per heavy atom. The number of nitrogens with zero attached hydrogens (tertiary/aromatic N) is 1. The van der Waals surface area contributed by atoms with Crippen molar-refractivity contribution >= 4 is 27.3 Å². The molecular weight excluding hydrogens is 291 g/mol. The van der Waals surface area contributed by atoms with Crippen LogP contribution in [0.1, 0.15) is 16.5 Å². The van der Waals surface area contributed by atoms with E-state index >= 15 is 0 Å². The van der Waals surface area contributed by atoms with E-state index in [9.17, 15) is 4.39 Å². The molecule has 1 aromatic carbocycles. The largest absolute Gasteiger partial charge is 0.309 e. The molecule has 0 aliphatic carbocycles. The van der Waals surface area contributed by atoms with Crippen molar-refractivity contribution in [1.29, 1.82) is 0 Å². The molecule has 1 unspecified atom stereocenters. The van der Waals surface area contributed by atoms with Gasteiger partial charge in [-0.05, 0) is 25.2 Å². The predicted octanol–water partition coefficient (Wildman–Crippen LogP) is 3.35. The van der Waals surface area contributed by atoms with E-state index in [4.69, 9.17) is 0 Å². The van der Waals surface area contributed by atoms with E-state index in [0.717, 1.165) is 9.35 Å². The Balaban J connectivity index is 2.44. The molecule has 0 aliphatic rings. The van der Waals surface area contributed by atoms with Gasteiger partial charge in [-0.3, -0.25) is 4.98 Å². The lowest BCUT2D eigenvalue weighted by Crippen LogP contribution is -2.17. The normalized spacial score (nSPS) is 12.7. The number of hydrogen-bond donors (Lipinski definition) is 1. The summed E-state index contributed by atoms with van der Waals surface area (Å²) in [6.45, 7) is 0. The van der Waals surface area contributed by atoms with Crippen LogP contribution in [0.4, 0.5) is 4.39 Å². The van der Waals surface area contributed by atoms with Crippen molar-refractivity contribution in [3.8, 4) is 0 Å². The van der Waals surface area contributed by atoms with Crippen molar-refractivity contribution in [3.63, 3.8) is 0 Å². The second kappa shape index (κ2) is 5.03. The Morgan fingerprint density at radius 3 is 2.94 bits per heavy atom. The molecule has 0 spiro atoms. The highest BCUT2D eigenvalue weighted by Crippen LogP contribution is 2.28. The standard InChI is InChI=1S/C11H10BrFN2S/c1-14-11(10-5-15-6-16-10)8-4-7(12)2-3-9(8)13/h2-6,11,14H,1H3. The number of halogens is 2. The van der Waals surface area contributed by atoms with Crippen molar-refractivity contribution in [2.75, 3.05) is 7.05 Å². The maximum absolute atomic E-state index is 13.7. The highest BCUT2D eigenvalue weighted by Gasteiger charge is 2.17. The van der Waals surface area contributed by atoms with Crippen LogP contribution in [-0.4, -0.2) is 12.0 Å². The quantitative estimate of drug-likeness (QED) is 0.940. The summed E-state index contributed by atoms with van der Waals surface area (Å²) in [5.74, 6) is -0.212. The summed E-state index contributed by atoms with van der Waals surface area (Å²) in [5.41, 5.74) is 2.37. The van der Waals surface area contributed by atoms with Gasteiger partial charge >= 0.3 is 0 Å². The van der Waals surface area contributed by atoms with Gasteiger partial charge in [0.1, 0.15) is 5.82 Å². The summed E-state index contributed by atoms with van der Waals surface area (Å²) in [5, 5.41) is 3.10. The molecule has 0 saturated heterocycles. The minimum atomic E-state index is -0.212. The minimum Gasteiger partial charge on any atom is -0.309 e. The van der Waals surface area contributed by atoms with Gasteiger partial charge in [0.05, 0.1) is 11.6 Å². The van der Waals surface area contributed by atoms with Crippen molar-refractivity contribution in [3.05, 3.63) is 50.6 Å².